The van der Waals surface area contributed by atoms with Gasteiger partial charge in [0.2, 0.25) is 0 Å². The van der Waals surface area contributed by atoms with E-state index < -0.39 is 17.5 Å². The largest absolute Gasteiger partial charge is 0.292 e. The van der Waals surface area contributed by atoms with Gasteiger partial charge in [0.1, 0.15) is 5.92 Å². The smallest absolute Gasteiger partial charge is 0.187 e. The molecule has 0 N–H and O–H groups in total. The Hall–Kier alpha value is -2.25. The topological polar surface area (TPSA) is 53.8 Å². The molecule has 0 fully saturated rings. The van der Waals surface area contributed by atoms with Crippen LogP contribution in [0.25, 0.3) is 0 Å². The zero-order chi connectivity index (χ0) is 13.8. The van der Waals surface area contributed by atoms with Crippen molar-refractivity contribution < 1.29 is 9.18 Å². The predicted octanol–water partition coefficient (Wildman–Crippen LogP) is 3.36. The summed E-state index contributed by atoms with van der Waals surface area (Å²) in [4.78, 5) is 16.0. The Kier molecular flexibility index (Phi) is 3.88. The second kappa shape index (κ2) is 5.59. The summed E-state index contributed by atoms with van der Waals surface area (Å²) in [5.74, 6) is -2.53. The second-order valence-electron chi connectivity index (χ2n) is 3.81. The highest BCUT2D eigenvalue weighted by atomic mass is 35.5. The molecule has 0 aliphatic rings. The van der Waals surface area contributed by atoms with Crippen molar-refractivity contribution in [3.8, 4) is 6.07 Å². The van der Waals surface area contributed by atoms with E-state index in [4.69, 9.17) is 16.9 Å². The van der Waals surface area contributed by atoms with E-state index in [1.807, 2.05) is 6.07 Å². The van der Waals surface area contributed by atoms with E-state index in [1.54, 1.807) is 12.1 Å². The maximum absolute atomic E-state index is 13.8. The highest BCUT2D eigenvalue weighted by molar-refractivity contribution is 6.31. The fourth-order valence-corrected chi connectivity index (χ4v) is 1.86. The van der Waals surface area contributed by atoms with Gasteiger partial charge < -0.3 is 0 Å². The molecule has 0 spiro atoms. The Morgan fingerprint density at radius 3 is 2.79 bits per heavy atom. The molecule has 0 aliphatic heterocycles. The van der Waals surface area contributed by atoms with E-state index in [-0.39, 0.29) is 10.6 Å². The minimum Gasteiger partial charge on any atom is -0.292 e. The Bertz CT molecular complexity index is 652. The molecule has 0 aliphatic carbocycles. The van der Waals surface area contributed by atoms with Crippen LogP contribution in [0.3, 0.4) is 0 Å². The molecule has 1 heterocycles. The Morgan fingerprint density at radius 2 is 2.16 bits per heavy atom. The molecule has 0 bridgehead atoms. The van der Waals surface area contributed by atoms with Crippen molar-refractivity contribution in [2.45, 2.75) is 5.92 Å². The molecule has 2 aromatic rings. The number of nitrogens with zero attached hydrogens (tertiary/aromatic N) is 2. The van der Waals surface area contributed by atoms with Crippen molar-refractivity contribution in [3.05, 3.63) is 64.7 Å². The molecule has 5 heteroatoms. The SMILES string of the molecule is N#CC(C(=O)c1cccc(Cl)c1F)c1cccnc1. The summed E-state index contributed by atoms with van der Waals surface area (Å²) >= 11 is 5.63. The summed E-state index contributed by atoms with van der Waals surface area (Å²) in [6.45, 7) is 0. The fraction of sp³-hybridized carbons (Fsp3) is 0.0714. The number of rotatable bonds is 3. The van der Waals surface area contributed by atoms with Crippen LogP contribution in [0.4, 0.5) is 4.39 Å². The normalized spacial score (nSPS) is 11.6. The van der Waals surface area contributed by atoms with Crippen molar-refractivity contribution in [2.24, 2.45) is 0 Å². The lowest BCUT2D eigenvalue weighted by molar-refractivity contribution is 0.0975. The van der Waals surface area contributed by atoms with E-state index in [1.165, 1.54) is 30.6 Å². The summed E-state index contributed by atoms with van der Waals surface area (Å²) in [7, 11) is 0. The number of hydrogen-bond donors (Lipinski definition) is 0. The number of benzene rings is 1. The van der Waals surface area contributed by atoms with E-state index in [2.05, 4.69) is 4.98 Å². The van der Waals surface area contributed by atoms with Gasteiger partial charge >= 0.3 is 0 Å². The number of aromatic nitrogens is 1. The van der Waals surface area contributed by atoms with Crippen LogP contribution in [0, 0.1) is 17.1 Å². The third-order valence-electron chi connectivity index (χ3n) is 2.63. The molecule has 1 aromatic carbocycles. The number of halogens is 2. The van der Waals surface area contributed by atoms with E-state index in [9.17, 15) is 9.18 Å². The van der Waals surface area contributed by atoms with Crippen molar-refractivity contribution in [2.75, 3.05) is 0 Å². The zero-order valence-corrected chi connectivity index (χ0v) is 10.4. The lowest BCUT2D eigenvalue weighted by atomic mass is 9.93. The highest BCUT2D eigenvalue weighted by Gasteiger charge is 2.25. The molecule has 1 atom stereocenters. The van der Waals surface area contributed by atoms with Crippen LogP contribution in [0.1, 0.15) is 21.8 Å². The molecule has 19 heavy (non-hydrogen) atoms. The van der Waals surface area contributed by atoms with Gasteiger partial charge in [0.05, 0.1) is 16.7 Å². The van der Waals surface area contributed by atoms with E-state index >= 15 is 0 Å². The van der Waals surface area contributed by atoms with Gasteiger partial charge in [-0.2, -0.15) is 5.26 Å². The average molecular weight is 275 g/mol. The third kappa shape index (κ3) is 2.61. The highest BCUT2D eigenvalue weighted by Crippen LogP contribution is 2.24. The first-order valence-corrected chi connectivity index (χ1v) is 5.80. The van der Waals surface area contributed by atoms with Gasteiger partial charge in [-0.05, 0) is 23.8 Å². The number of hydrogen-bond acceptors (Lipinski definition) is 3. The van der Waals surface area contributed by atoms with Gasteiger partial charge in [-0.1, -0.05) is 23.7 Å². The van der Waals surface area contributed by atoms with Gasteiger partial charge in [0, 0.05) is 12.4 Å². The first-order chi connectivity index (χ1) is 9.15. The Balaban J connectivity index is 2.43. The number of carbonyl (C=O) groups is 1. The van der Waals surface area contributed by atoms with Gasteiger partial charge in [0.15, 0.2) is 11.6 Å². The van der Waals surface area contributed by atoms with Crippen LogP contribution >= 0.6 is 11.6 Å². The van der Waals surface area contributed by atoms with Crippen LogP contribution in [-0.4, -0.2) is 10.8 Å². The van der Waals surface area contributed by atoms with Crippen molar-refractivity contribution in [1.29, 1.82) is 5.26 Å². The number of Topliss-reactive ketones (excluding diaryl/α,β-unsaturated/α-hetero) is 1. The summed E-state index contributed by atoms with van der Waals surface area (Å²) < 4.78 is 13.8. The molecule has 1 aromatic heterocycles. The maximum Gasteiger partial charge on any atom is 0.187 e. The lowest BCUT2D eigenvalue weighted by Gasteiger charge is -2.09. The Labute approximate surface area is 114 Å². The number of ketones is 1. The van der Waals surface area contributed by atoms with Gasteiger partial charge in [-0.15, -0.1) is 0 Å². The minimum atomic E-state index is -1.10. The van der Waals surface area contributed by atoms with Crippen LogP contribution in [-0.2, 0) is 0 Å². The monoisotopic (exact) mass is 274 g/mol. The molecule has 1 unspecified atom stereocenters. The summed E-state index contributed by atoms with van der Waals surface area (Å²) in [5, 5.41) is 8.97. The quantitative estimate of drug-likeness (QED) is 0.807. The second-order valence-corrected chi connectivity index (χ2v) is 4.22. The van der Waals surface area contributed by atoms with Crippen LogP contribution in [0.5, 0.6) is 0 Å². The van der Waals surface area contributed by atoms with Crippen molar-refractivity contribution in [1.82, 2.24) is 4.98 Å². The molecule has 94 valence electrons. The molecular weight excluding hydrogens is 267 g/mol. The van der Waals surface area contributed by atoms with Crippen LogP contribution in [0.2, 0.25) is 5.02 Å². The summed E-state index contributed by atoms with van der Waals surface area (Å²) in [6.07, 6.45) is 2.94. The van der Waals surface area contributed by atoms with E-state index in [0.717, 1.165) is 0 Å². The molecule has 0 saturated heterocycles. The maximum atomic E-state index is 13.8. The van der Waals surface area contributed by atoms with Crippen LogP contribution in [0.15, 0.2) is 42.7 Å². The summed E-state index contributed by atoms with van der Waals surface area (Å²) in [5.41, 5.74) is 0.234. The van der Waals surface area contributed by atoms with Crippen molar-refractivity contribution >= 4 is 17.4 Å². The molecule has 2 rings (SSSR count). The average Bonchev–Trinajstić information content (AvgIpc) is 2.44. The fourth-order valence-electron chi connectivity index (χ4n) is 1.68. The predicted molar refractivity (Wildman–Crippen MR) is 68.3 cm³/mol. The van der Waals surface area contributed by atoms with Crippen molar-refractivity contribution in [3.63, 3.8) is 0 Å². The molecule has 3 nitrogen and oxygen atoms in total. The van der Waals surface area contributed by atoms with Gasteiger partial charge in [0.25, 0.3) is 0 Å². The van der Waals surface area contributed by atoms with Gasteiger partial charge in [-0.25, -0.2) is 4.39 Å². The molecular formula is C14H8ClFN2O. The van der Waals surface area contributed by atoms with Crippen LogP contribution < -0.4 is 0 Å². The Morgan fingerprint density at radius 1 is 1.37 bits per heavy atom. The van der Waals surface area contributed by atoms with E-state index in [0.29, 0.717) is 5.56 Å². The first-order valence-electron chi connectivity index (χ1n) is 5.43. The lowest BCUT2D eigenvalue weighted by Crippen LogP contribution is -2.13. The standard InChI is InChI=1S/C14H8ClFN2O/c15-12-5-1-4-10(13(12)16)14(19)11(7-17)9-3-2-6-18-8-9/h1-6,8,11H. The number of carbonyl (C=O) groups excluding carboxylic acids is 1. The van der Waals surface area contributed by atoms with Gasteiger partial charge in [-0.3, -0.25) is 9.78 Å². The molecule has 0 saturated carbocycles. The number of pyridine rings is 1. The first kappa shape index (κ1) is 13.2. The third-order valence-corrected chi connectivity index (χ3v) is 2.92. The minimum absolute atomic E-state index is 0.145. The zero-order valence-electron chi connectivity index (χ0n) is 9.68. The molecule has 0 amide bonds. The summed E-state index contributed by atoms with van der Waals surface area (Å²) in [6, 6.07) is 9.20. The molecule has 0 radical (unpaired) electrons. The number of nitriles is 1.